The summed E-state index contributed by atoms with van der Waals surface area (Å²) >= 11 is 0. The third kappa shape index (κ3) is 3.86. The van der Waals surface area contributed by atoms with Gasteiger partial charge in [0.05, 0.1) is 35.6 Å². The van der Waals surface area contributed by atoms with Gasteiger partial charge < -0.3 is 19.9 Å². The summed E-state index contributed by atoms with van der Waals surface area (Å²) in [7, 11) is 0. The summed E-state index contributed by atoms with van der Waals surface area (Å²) in [5.74, 6) is 0.394. The van der Waals surface area contributed by atoms with Crippen molar-refractivity contribution >= 4 is 28.5 Å². The van der Waals surface area contributed by atoms with Gasteiger partial charge in [0.15, 0.2) is 6.10 Å². The molecule has 1 saturated heterocycles. The zero-order valence-electron chi connectivity index (χ0n) is 16.7. The number of hydrogen-bond donors (Lipinski definition) is 2. The number of hydrogen-bond acceptors (Lipinski definition) is 5. The average Bonchev–Trinajstić information content (AvgIpc) is 3.27. The van der Waals surface area contributed by atoms with Crippen LogP contribution in [0, 0.1) is 13.8 Å². The lowest BCUT2D eigenvalue weighted by Crippen LogP contribution is -2.50. The summed E-state index contributed by atoms with van der Waals surface area (Å²) in [4.78, 5) is 34.8. The molecule has 1 aliphatic heterocycles. The summed E-state index contributed by atoms with van der Waals surface area (Å²) in [5.41, 5.74) is 3.60. The van der Waals surface area contributed by atoms with Gasteiger partial charge in [-0.2, -0.15) is 5.10 Å². The van der Waals surface area contributed by atoms with Crippen molar-refractivity contribution < 1.29 is 14.3 Å². The van der Waals surface area contributed by atoms with E-state index >= 15 is 0 Å². The van der Waals surface area contributed by atoms with E-state index in [-0.39, 0.29) is 18.4 Å². The van der Waals surface area contributed by atoms with Crippen molar-refractivity contribution in [2.45, 2.75) is 33.4 Å². The van der Waals surface area contributed by atoms with E-state index in [1.54, 1.807) is 27.9 Å². The molecule has 2 N–H and O–H groups in total. The van der Waals surface area contributed by atoms with E-state index in [0.29, 0.717) is 24.4 Å². The molecule has 1 fully saturated rings. The predicted octanol–water partition coefficient (Wildman–Crippen LogP) is 1.88. The lowest BCUT2D eigenvalue weighted by molar-refractivity contribution is -0.131. The number of anilines is 1. The number of carbonyl (C=O) groups excluding carboxylic acids is 2. The number of morpholine rings is 1. The summed E-state index contributed by atoms with van der Waals surface area (Å²) < 4.78 is 7.39. The highest BCUT2D eigenvalue weighted by atomic mass is 16.5. The van der Waals surface area contributed by atoms with E-state index in [1.807, 2.05) is 26.8 Å². The quantitative estimate of drug-likeness (QED) is 0.701. The lowest BCUT2D eigenvalue weighted by Gasteiger charge is -2.32. The van der Waals surface area contributed by atoms with Crippen LogP contribution < -0.4 is 5.32 Å². The van der Waals surface area contributed by atoms with E-state index in [0.717, 1.165) is 29.1 Å². The largest absolute Gasteiger partial charge is 0.365 e. The maximum Gasteiger partial charge on any atom is 0.255 e. The molecular formula is C20H24N6O3. The Morgan fingerprint density at radius 3 is 2.93 bits per heavy atom. The van der Waals surface area contributed by atoms with Crippen molar-refractivity contribution in [3.05, 3.63) is 41.5 Å². The second-order valence-electron chi connectivity index (χ2n) is 7.14. The van der Waals surface area contributed by atoms with Gasteiger partial charge in [-0.15, -0.1) is 0 Å². The van der Waals surface area contributed by atoms with Crippen LogP contribution in [0.15, 0.2) is 24.4 Å². The van der Waals surface area contributed by atoms with Gasteiger partial charge in [0.2, 0.25) is 0 Å². The first-order valence-corrected chi connectivity index (χ1v) is 9.66. The van der Waals surface area contributed by atoms with E-state index in [2.05, 4.69) is 20.4 Å². The molecule has 0 spiro atoms. The van der Waals surface area contributed by atoms with Crippen LogP contribution in [0.1, 0.15) is 28.8 Å². The number of nitrogens with zero attached hydrogens (tertiary/aromatic N) is 4. The summed E-state index contributed by atoms with van der Waals surface area (Å²) in [6.45, 7) is 7.36. The molecule has 4 rings (SSSR count). The van der Waals surface area contributed by atoms with Gasteiger partial charge in [-0.05, 0) is 39.0 Å². The molecule has 9 nitrogen and oxygen atoms in total. The lowest BCUT2D eigenvalue weighted by atomic mass is 10.1. The topological polar surface area (TPSA) is 105 Å². The molecule has 0 aliphatic carbocycles. The number of ether oxygens (including phenoxy) is 1. The van der Waals surface area contributed by atoms with Crippen molar-refractivity contribution in [2.75, 3.05) is 25.0 Å². The van der Waals surface area contributed by atoms with Crippen LogP contribution in [0.5, 0.6) is 0 Å². The fourth-order valence-electron chi connectivity index (χ4n) is 3.46. The Kier molecular flexibility index (Phi) is 5.06. The third-order valence-corrected chi connectivity index (χ3v) is 5.02. The summed E-state index contributed by atoms with van der Waals surface area (Å²) in [5, 5.41) is 7.19. The Hall–Kier alpha value is -3.20. The molecule has 1 unspecified atom stereocenters. The number of benzene rings is 1. The number of H-pyrrole nitrogens is 1. The number of aromatic nitrogens is 4. The van der Waals surface area contributed by atoms with Crippen molar-refractivity contribution in [1.29, 1.82) is 0 Å². The molecular weight excluding hydrogens is 372 g/mol. The molecule has 152 valence electrons. The Labute approximate surface area is 168 Å². The number of fused-ring (bicyclic) bond motifs is 1. The number of nitrogens with one attached hydrogen (secondary N) is 2. The molecule has 0 radical (unpaired) electrons. The standard InChI is InChI=1S/C20H24N6O3/c1-4-26-10-17(12(2)24-26)23-19(27)18-11-25(7-8-29-18)20(28)14-5-6-15-16(9-14)22-13(3)21-15/h5-6,9-10,18H,4,7-8,11H2,1-3H3,(H,21,22)(H,23,27). The van der Waals surface area contributed by atoms with Crippen molar-refractivity contribution in [3.63, 3.8) is 0 Å². The third-order valence-electron chi connectivity index (χ3n) is 5.02. The number of aryl methyl sites for hydroxylation is 3. The highest BCUT2D eigenvalue weighted by Crippen LogP contribution is 2.18. The van der Waals surface area contributed by atoms with E-state index in [1.165, 1.54) is 0 Å². The maximum absolute atomic E-state index is 13.0. The monoisotopic (exact) mass is 396 g/mol. The van der Waals surface area contributed by atoms with Gasteiger partial charge in [0, 0.05) is 24.8 Å². The van der Waals surface area contributed by atoms with E-state index in [4.69, 9.17) is 4.74 Å². The Morgan fingerprint density at radius 2 is 2.17 bits per heavy atom. The fraction of sp³-hybridized carbons (Fsp3) is 0.400. The first kappa shape index (κ1) is 19.1. The average molecular weight is 396 g/mol. The van der Waals surface area contributed by atoms with Gasteiger partial charge in [-0.25, -0.2) is 4.98 Å². The molecule has 0 bridgehead atoms. The number of carbonyl (C=O) groups is 2. The Bertz CT molecular complexity index is 1070. The molecule has 3 heterocycles. The molecule has 3 aromatic rings. The first-order chi connectivity index (χ1) is 13.9. The van der Waals surface area contributed by atoms with Crippen LogP contribution in [-0.4, -0.2) is 62.3 Å². The number of imidazole rings is 1. The molecule has 0 saturated carbocycles. The highest BCUT2D eigenvalue weighted by molar-refractivity contribution is 5.99. The molecule has 9 heteroatoms. The van der Waals surface area contributed by atoms with Crippen LogP contribution in [-0.2, 0) is 16.1 Å². The van der Waals surface area contributed by atoms with E-state index < -0.39 is 6.10 Å². The zero-order valence-corrected chi connectivity index (χ0v) is 16.7. The van der Waals surface area contributed by atoms with Crippen molar-refractivity contribution in [1.82, 2.24) is 24.6 Å². The van der Waals surface area contributed by atoms with Crippen LogP contribution in [0.3, 0.4) is 0 Å². The number of rotatable bonds is 4. The Balaban J connectivity index is 1.45. The van der Waals surface area contributed by atoms with Crippen molar-refractivity contribution in [3.8, 4) is 0 Å². The van der Waals surface area contributed by atoms with Gasteiger partial charge in [0.25, 0.3) is 11.8 Å². The molecule has 29 heavy (non-hydrogen) atoms. The van der Waals surface area contributed by atoms with Gasteiger partial charge >= 0.3 is 0 Å². The van der Waals surface area contributed by atoms with Gasteiger partial charge in [-0.3, -0.25) is 14.3 Å². The SMILES string of the molecule is CCn1cc(NC(=O)C2CN(C(=O)c3ccc4nc(C)[nH]c4c3)CCO2)c(C)n1. The summed E-state index contributed by atoms with van der Waals surface area (Å²) in [6.07, 6.45) is 1.07. The molecule has 1 aliphatic rings. The maximum atomic E-state index is 13.0. The minimum absolute atomic E-state index is 0.129. The number of amides is 2. The second-order valence-corrected chi connectivity index (χ2v) is 7.14. The Morgan fingerprint density at radius 1 is 1.34 bits per heavy atom. The normalized spacial score (nSPS) is 16.9. The second kappa shape index (κ2) is 7.67. The van der Waals surface area contributed by atoms with Gasteiger partial charge in [-0.1, -0.05) is 0 Å². The smallest absolute Gasteiger partial charge is 0.255 e. The number of aromatic amines is 1. The fourth-order valence-corrected chi connectivity index (χ4v) is 3.46. The van der Waals surface area contributed by atoms with Crippen LogP contribution in [0.25, 0.3) is 11.0 Å². The van der Waals surface area contributed by atoms with Crippen molar-refractivity contribution in [2.24, 2.45) is 0 Å². The minimum atomic E-state index is -0.727. The highest BCUT2D eigenvalue weighted by Gasteiger charge is 2.30. The summed E-state index contributed by atoms with van der Waals surface area (Å²) in [6, 6.07) is 5.38. The van der Waals surface area contributed by atoms with E-state index in [9.17, 15) is 9.59 Å². The molecule has 2 amide bonds. The molecule has 1 aromatic carbocycles. The first-order valence-electron chi connectivity index (χ1n) is 9.66. The van der Waals surface area contributed by atoms with Crippen LogP contribution in [0.4, 0.5) is 5.69 Å². The van der Waals surface area contributed by atoms with Crippen LogP contribution >= 0.6 is 0 Å². The minimum Gasteiger partial charge on any atom is -0.365 e. The van der Waals surface area contributed by atoms with Gasteiger partial charge in [0.1, 0.15) is 5.82 Å². The zero-order chi connectivity index (χ0) is 20.5. The predicted molar refractivity (Wildman–Crippen MR) is 108 cm³/mol. The molecule has 2 aromatic heterocycles. The molecule has 1 atom stereocenters. The van der Waals surface area contributed by atoms with Crippen LogP contribution in [0.2, 0.25) is 0 Å².